The molecule has 0 saturated carbocycles. The Bertz CT molecular complexity index is 641. The van der Waals surface area contributed by atoms with Crippen molar-refractivity contribution in [1.82, 2.24) is 5.32 Å². The fourth-order valence-electron chi connectivity index (χ4n) is 1.87. The van der Waals surface area contributed by atoms with Crippen molar-refractivity contribution in [2.24, 2.45) is 5.73 Å². The van der Waals surface area contributed by atoms with Crippen LogP contribution in [-0.2, 0) is 11.3 Å². The highest BCUT2D eigenvalue weighted by Crippen LogP contribution is 2.09. The molecule has 1 aromatic heterocycles. The van der Waals surface area contributed by atoms with Crippen LogP contribution in [0.4, 0.5) is 10.5 Å². The maximum Gasteiger partial charge on any atom is 0.319 e. The van der Waals surface area contributed by atoms with Gasteiger partial charge in [0.25, 0.3) is 0 Å². The first kappa shape index (κ1) is 16.6. The fraction of sp³-hybridized carbons (Fsp3) is 0.250. The largest absolute Gasteiger partial charge is 0.467 e. The summed E-state index contributed by atoms with van der Waals surface area (Å²) in [5.74, 6) is 0.229. The molecule has 4 N–H and O–H groups in total. The first-order valence-electron chi connectivity index (χ1n) is 7.20. The molecule has 1 heterocycles. The van der Waals surface area contributed by atoms with Crippen molar-refractivity contribution >= 4 is 17.6 Å². The fourth-order valence-corrected chi connectivity index (χ4v) is 1.87. The average Bonchev–Trinajstić information content (AvgIpc) is 3.04. The SMILES string of the molecule is NC(=O)c1cccc(NC(=O)NCCCOCc2ccco2)c1. The number of nitrogens with one attached hydrogen (secondary N) is 2. The Morgan fingerprint density at radius 1 is 1.22 bits per heavy atom. The van der Waals surface area contributed by atoms with Gasteiger partial charge in [0.05, 0.1) is 6.26 Å². The summed E-state index contributed by atoms with van der Waals surface area (Å²) in [4.78, 5) is 22.8. The minimum absolute atomic E-state index is 0.342. The molecule has 3 amide bonds. The number of rotatable bonds is 8. The Kier molecular flexibility index (Phi) is 6.19. The van der Waals surface area contributed by atoms with E-state index in [9.17, 15) is 9.59 Å². The summed E-state index contributed by atoms with van der Waals surface area (Å²) in [6, 6.07) is 9.73. The van der Waals surface area contributed by atoms with E-state index in [0.29, 0.717) is 37.4 Å². The van der Waals surface area contributed by atoms with E-state index >= 15 is 0 Å². The van der Waals surface area contributed by atoms with E-state index in [1.165, 1.54) is 6.07 Å². The number of ether oxygens (including phenoxy) is 1. The highest BCUT2D eigenvalue weighted by molar-refractivity contribution is 5.95. The zero-order chi connectivity index (χ0) is 16.5. The molecule has 0 unspecified atom stereocenters. The van der Waals surface area contributed by atoms with Crippen LogP contribution in [0, 0.1) is 0 Å². The van der Waals surface area contributed by atoms with Gasteiger partial charge in [-0.1, -0.05) is 6.07 Å². The van der Waals surface area contributed by atoms with Gasteiger partial charge in [-0.15, -0.1) is 0 Å². The van der Waals surface area contributed by atoms with Crippen LogP contribution >= 0.6 is 0 Å². The summed E-state index contributed by atoms with van der Waals surface area (Å²) >= 11 is 0. The third kappa shape index (κ3) is 5.84. The molecule has 7 heteroatoms. The number of hydrogen-bond donors (Lipinski definition) is 3. The van der Waals surface area contributed by atoms with Gasteiger partial charge in [0.1, 0.15) is 12.4 Å². The monoisotopic (exact) mass is 317 g/mol. The van der Waals surface area contributed by atoms with Crippen molar-refractivity contribution in [2.45, 2.75) is 13.0 Å². The predicted molar refractivity (Wildman–Crippen MR) is 85.0 cm³/mol. The van der Waals surface area contributed by atoms with Crippen LogP contribution in [0.25, 0.3) is 0 Å². The number of amides is 3. The molecule has 0 atom stereocenters. The van der Waals surface area contributed by atoms with Gasteiger partial charge in [-0.05, 0) is 36.8 Å². The van der Waals surface area contributed by atoms with Gasteiger partial charge in [-0.25, -0.2) is 4.79 Å². The van der Waals surface area contributed by atoms with Crippen molar-refractivity contribution in [3.05, 3.63) is 54.0 Å². The van der Waals surface area contributed by atoms with Crippen LogP contribution in [0.15, 0.2) is 47.1 Å². The van der Waals surface area contributed by atoms with Crippen molar-refractivity contribution < 1.29 is 18.7 Å². The van der Waals surface area contributed by atoms with E-state index in [1.807, 2.05) is 6.07 Å². The van der Waals surface area contributed by atoms with Crippen molar-refractivity contribution in [3.63, 3.8) is 0 Å². The molecule has 0 radical (unpaired) electrons. The molecule has 0 fully saturated rings. The molecule has 0 aliphatic carbocycles. The molecule has 0 saturated heterocycles. The Labute approximate surface area is 133 Å². The molecule has 7 nitrogen and oxygen atoms in total. The Balaban J connectivity index is 1.61. The van der Waals surface area contributed by atoms with Crippen LogP contribution in [-0.4, -0.2) is 25.1 Å². The summed E-state index contributed by atoms with van der Waals surface area (Å²) in [6.45, 7) is 1.40. The second kappa shape index (κ2) is 8.60. The molecular formula is C16H19N3O4. The summed E-state index contributed by atoms with van der Waals surface area (Å²) in [6.07, 6.45) is 2.27. The van der Waals surface area contributed by atoms with E-state index in [4.69, 9.17) is 14.9 Å². The molecule has 23 heavy (non-hydrogen) atoms. The number of carbonyl (C=O) groups excluding carboxylic acids is 2. The maximum atomic E-state index is 11.7. The molecule has 0 spiro atoms. The smallest absolute Gasteiger partial charge is 0.319 e. The zero-order valence-electron chi connectivity index (χ0n) is 12.6. The summed E-state index contributed by atoms with van der Waals surface area (Å²) in [5, 5.41) is 5.34. The standard InChI is InChI=1S/C16H19N3O4/c17-15(20)12-4-1-5-13(10-12)19-16(21)18-7-3-8-22-11-14-6-2-9-23-14/h1-2,4-6,9-10H,3,7-8,11H2,(H2,17,20)(H2,18,19,21). The molecule has 0 bridgehead atoms. The van der Waals surface area contributed by atoms with Gasteiger partial charge in [0.2, 0.25) is 5.91 Å². The molecule has 0 aliphatic rings. The van der Waals surface area contributed by atoms with Crippen LogP contribution in [0.2, 0.25) is 0 Å². The lowest BCUT2D eigenvalue weighted by molar-refractivity contribution is 0.1000. The maximum absolute atomic E-state index is 11.7. The van der Waals surface area contributed by atoms with Crippen LogP contribution in [0.3, 0.4) is 0 Å². The summed E-state index contributed by atoms with van der Waals surface area (Å²) in [7, 11) is 0. The lowest BCUT2D eigenvalue weighted by Gasteiger charge is -2.08. The number of hydrogen-bond acceptors (Lipinski definition) is 4. The molecule has 122 valence electrons. The quantitative estimate of drug-likeness (QED) is 0.648. The normalized spacial score (nSPS) is 10.3. The predicted octanol–water partition coefficient (Wildman–Crippen LogP) is 2.11. The van der Waals surface area contributed by atoms with Gasteiger partial charge < -0.3 is 25.5 Å². The van der Waals surface area contributed by atoms with Gasteiger partial charge in [-0.3, -0.25) is 4.79 Å². The molecule has 0 aliphatic heterocycles. The third-order valence-electron chi connectivity index (χ3n) is 2.98. The topological polar surface area (TPSA) is 107 Å². The number of urea groups is 1. The third-order valence-corrected chi connectivity index (χ3v) is 2.98. The number of primary amides is 1. The Morgan fingerprint density at radius 3 is 2.83 bits per heavy atom. The van der Waals surface area contributed by atoms with Gasteiger partial charge in [0.15, 0.2) is 0 Å². The Morgan fingerprint density at radius 2 is 2.09 bits per heavy atom. The summed E-state index contributed by atoms with van der Waals surface area (Å²) in [5.41, 5.74) is 6.04. The number of nitrogens with two attached hydrogens (primary N) is 1. The lowest BCUT2D eigenvalue weighted by Crippen LogP contribution is -2.30. The Hall–Kier alpha value is -2.80. The highest BCUT2D eigenvalue weighted by Gasteiger charge is 2.04. The molecule has 2 aromatic rings. The molecule has 2 rings (SSSR count). The highest BCUT2D eigenvalue weighted by atomic mass is 16.5. The summed E-state index contributed by atoms with van der Waals surface area (Å²) < 4.78 is 10.5. The van der Waals surface area contributed by atoms with E-state index in [2.05, 4.69) is 10.6 Å². The van der Waals surface area contributed by atoms with Crippen molar-refractivity contribution in [3.8, 4) is 0 Å². The van der Waals surface area contributed by atoms with Crippen molar-refractivity contribution in [2.75, 3.05) is 18.5 Å². The first-order valence-corrected chi connectivity index (χ1v) is 7.20. The second-order valence-electron chi connectivity index (χ2n) is 4.81. The van der Waals surface area contributed by atoms with Gasteiger partial charge in [-0.2, -0.15) is 0 Å². The van der Waals surface area contributed by atoms with Crippen LogP contribution in [0.5, 0.6) is 0 Å². The minimum atomic E-state index is -0.539. The zero-order valence-corrected chi connectivity index (χ0v) is 12.6. The number of benzene rings is 1. The van der Waals surface area contributed by atoms with E-state index in [0.717, 1.165) is 5.76 Å². The van der Waals surface area contributed by atoms with E-state index < -0.39 is 5.91 Å². The second-order valence-corrected chi connectivity index (χ2v) is 4.81. The lowest BCUT2D eigenvalue weighted by atomic mass is 10.2. The van der Waals surface area contributed by atoms with E-state index in [-0.39, 0.29) is 6.03 Å². The molecule has 1 aromatic carbocycles. The van der Waals surface area contributed by atoms with Crippen LogP contribution < -0.4 is 16.4 Å². The number of carbonyl (C=O) groups is 2. The number of anilines is 1. The van der Waals surface area contributed by atoms with Gasteiger partial charge >= 0.3 is 6.03 Å². The first-order chi connectivity index (χ1) is 11.1. The molecular weight excluding hydrogens is 298 g/mol. The van der Waals surface area contributed by atoms with Gasteiger partial charge in [0, 0.05) is 24.4 Å². The van der Waals surface area contributed by atoms with Crippen LogP contribution in [0.1, 0.15) is 22.5 Å². The minimum Gasteiger partial charge on any atom is -0.467 e. The van der Waals surface area contributed by atoms with Crippen molar-refractivity contribution in [1.29, 1.82) is 0 Å². The number of furan rings is 1. The average molecular weight is 317 g/mol. The van der Waals surface area contributed by atoms with E-state index in [1.54, 1.807) is 30.5 Å².